The molecule has 2 nitrogen and oxygen atoms in total. The number of rotatable bonds is 2. The number of piperidine rings is 1. The van der Waals surface area contributed by atoms with E-state index in [0.29, 0.717) is 11.0 Å². The minimum atomic E-state index is -0.356. The zero-order valence-electron chi connectivity index (χ0n) is 10.2. The summed E-state index contributed by atoms with van der Waals surface area (Å²) < 4.78 is 1.15. The van der Waals surface area contributed by atoms with Crippen molar-refractivity contribution in [3.05, 3.63) is 27.3 Å². The van der Waals surface area contributed by atoms with Crippen LogP contribution in [0, 0.1) is 14.9 Å². The number of nitrogens with zero attached hydrogens (tertiary/aromatic N) is 1. The van der Waals surface area contributed by atoms with Gasteiger partial charge in [-0.15, -0.1) is 0 Å². The number of fused-ring (bicyclic) bond motifs is 1. The van der Waals surface area contributed by atoms with Crippen molar-refractivity contribution in [2.45, 2.75) is 19.8 Å². The Morgan fingerprint density at radius 3 is 3.00 bits per heavy atom. The number of anilines is 1. The van der Waals surface area contributed by atoms with E-state index in [1.807, 2.05) is 12.1 Å². The molecule has 1 aromatic carbocycles. The lowest BCUT2D eigenvalue weighted by molar-refractivity contribution is 0.108. The third-order valence-corrected chi connectivity index (χ3v) is 5.32. The third-order valence-electron chi connectivity index (χ3n) is 4.44. The third kappa shape index (κ3) is 2.16. The van der Waals surface area contributed by atoms with Crippen molar-refractivity contribution in [3.8, 4) is 0 Å². The van der Waals surface area contributed by atoms with Crippen LogP contribution in [0.5, 0.6) is 0 Å². The van der Waals surface area contributed by atoms with E-state index in [0.717, 1.165) is 28.3 Å². The summed E-state index contributed by atoms with van der Waals surface area (Å²) in [5.41, 5.74) is 2.22. The molecule has 0 spiro atoms. The summed E-state index contributed by atoms with van der Waals surface area (Å²) in [6.07, 6.45) is 2.55. The van der Waals surface area contributed by atoms with E-state index in [1.165, 1.54) is 12.8 Å². The van der Waals surface area contributed by atoms with Gasteiger partial charge < -0.3 is 4.90 Å². The maximum absolute atomic E-state index is 11.5. The van der Waals surface area contributed by atoms with Crippen molar-refractivity contribution in [2.24, 2.45) is 11.3 Å². The molecule has 1 aliphatic carbocycles. The molecule has 2 unspecified atom stereocenters. The molecule has 1 saturated heterocycles. The Labute approximate surface area is 126 Å². The van der Waals surface area contributed by atoms with Crippen LogP contribution in [0.15, 0.2) is 18.2 Å². The first kappa shape index (κ1) is 12.7. The Morgan fingerprint density at radius 1 is 1.56 bits per heavy atom. The fourth-order valence-electron chi connectivity index (χ4n) is 2.99. The van der Waals surface area contributed by atoms with E-state index >= 15 is 0 Å². The van der Waals surface area contributed by atoms with Gasteiger partial charge in [-0.05, 0) is 76.6 Å². The van der Waals surface area contributed by atoms with E-state index in [-0.39, 0.29) is 5.24 Å². The predicted molar refractivity (Wildman–Crippen MR) is 82.4 cm³/mol. The molecule has 1 aliphatic heterocycles. The average Bonchev–Trinajstić information content (AvgIpc) is 2.99. The highest BCUT2D eigenvalue weighted by Gasteiger charge is 2.52. The second-order valence-electron chi connectivity index (χ2n) is 5.69. The number of hydrogen-bond donors (Lipinski definition) is 0. The Morgan fingerprint density at radius 2 is 2.33 bits per heavy atom. The summed E-state index contributed by atoms with van der Waals surface area (Å²) in [4.78, 5) is 13.8. The summed E-state index contributed by atoms with van der Waals surface area (Å²) in [6, 6.07) is 5.85. The number of carbonyl (C=O) groups excluding carboxylic acids is 1. The standard InChI is InChI=1S/C14H15ClINO/c1-14-4-5-17(8-9(14)7-14)12-6-10(16)2-3-11(12)13(15)18/h2-3,6,9H,4-5,7-8H2,1H3. The molecular weight excluding hydrogens is 361 g/mol. The van der Waals surface area contributed by atoms with Crippen LogP contribution in [0.4, 0.5) is 5.69 Å². The summed E-state index contributed by atoms with van der Waals surface area (Å²) in [5, 5.41) is -0.356. The molecule has 3 rings (SSSR count). The lowest BCUT2D eigenvalue weighted by atomic mass is 9.97. The molecule has 2 aliphatic rings. The molecule has 18 heavy (non-hydrogen) atoms. The molecular formula is C14H15ClINO. The van der Waals surface area contributed by atoms with Gasteiger partial charge in [0.05, 0.1) is 5.56 Å². The van der Waals surface area contributed by atoms with Crippen LogP contribution in [-0.4, -0.2) is 18.3 Å². The van der Waals surface area contributed by atoms with E-state index in [9.17, 15) is 4.79 Å². The van der Waals surface area contributed by atoms with E-state index in [1.54, 1.807) is 0 Å². The smallest absolute Gasteiger partial charge is 0.254 e. The average molecular weight is 376 g/mol. The molecule has 1 saturated carbocycles. The number of carbonyl (C=O) groups is 1. The van der Waals surface area contributed by atoms with Crippen molar-refractivity contribution < 1.29 is 4.79 Å². The molecule has 0 radical (unpaired) electrons. The van der Waals surface area contributed by atoms with Gasteiger partial charge in [-0.3, -0.25) is 4.79 Å². The Hall–Kier alpha value is -0.290. The highest BCUT2D eigenvalue weighted by atomic mass is 127. The molecule has 2 fully saturated rings. The Bertz CT molecular complexity index is 519. The van der Waals surface area contributed by atoms with Crippen molar-refractivity contribution in [1.29, 1.82) is 0 Å². The molecule has 0 bridgehead atoms. The SMILES string of the molecule is CC12CCN(c3cc(I)ccc3C(=O)Cl)CC1C2. The first-order valence-electron chi connectivity index (χ1n) is 6.24. The van der Waals surface area contributed by atoms with Crippen molar-refractivity contribution in [1.82, 2.24) is 0 Å². The molecule has 4 heteroatoms. The molecule has 2 atom stereocenters. The zero-order chi connectivity index (χ0) is 12.9. The molecule has 1 heterocycles. The maximum Gasteiger partial charge on any atom is 0.254 e. The molecule has 0 N–H and O–H groups in total. The van der Waals surface area contributed by atoms with E-state index in [2.05, 4.69) is 40.5 Å². The van der Waals surface area contributed by atoms with Crippen molar-refractivity contribution >= 4 is 45.1 Å². The Balaban J connectivity index is 1.91. The highest BCUT2D eigenvalue weighted by molar-refractivity contribution is 14.1. The fraction of sp³-hybridized carbons (Fsp3) is 0.500. The second kappa shape index (κ2) is 4.37. The van der Waals surface area contributed by atoms with Crippen LogP contribution in [0.25, 0.3) is 0 Å². The van der Waals surface area contributed by atoms with Crippen LogP contribution in [0.3, 0.4) is 0 Å². The monoisotopic (exact) mass is 375 g/mol. The summed E-state index contributed by atoms with van der Waals surface area (Å²) in [5.74, 6) is 0.794. The first-order chi connectivity index (χ1) is 8.49. The van der Waals surface area contributed by atoms with Crippen LogP contribution in [0.1, 0.15) is 30.1 Å². The number of benzene rings is 1. The minimum absolute atomic E-state index is 0.356. The van der Waals surface area contributed by atoms with Gasteiger partial charge in [0.25, 0.3) is 5.24 Å². The van der Waals surface area contributed by atoms with Crippen LogP contribution in [0.2, 0.25) is 0 Å². The van der Waals surface area contributed by atoms with Crippen molar-refractivity contribution in [3.63, 3.8) is 0 Å². The van der Waals surface area contributed by atoms with Crippen LogP contribution >= 0.6 is 34.2 Å². The van der Waals surface area contributed by atoms with Gasteiger partial charge in [0.2, 0.25) is 0 Å². The quantitative estimate of drug-likeness (QED) is 0.577. The maximum atomic E-state index is 11.5. The van der Waals surface area contributed by atoms with Gasteiger partial charge in [0.1, 0.15) is 0 Å². The molecule has 0 amide bonds. The lowest BCUT2D eigenvalue weighted by Crippen LogP contribution is -2.34. The van der Waals surface area contributed by atoms with Gasteiger partial charge in [0.15, 0.2) is 0 Å². The van der Waals surface area contributed by atoms with Crippen LogP contribution < -0.4 is 4.90 Å². The van der Waals surface area contributed by atoms with E-state index in [4.69, 9.17) is 11.6 Å². The predicted octanol–water partition coefficient (Wildman–Crippen LogP) is 3.91. The van der Waals surface area contributed by atoms with Gasteiger partial charge in [0, 0.05) is 22.3 Å². The topological polar surface area (TPSA) is 20.3 Å². The lowest BCUT2D eigenvalue weighted by Gasteiger charge is -2.32. The molecule has 1 aromatic rings. The van der Waals surface area contributed by atoms with Gasteiger partial charge in [-0.1, -0.05) is 6.92 Å². The summed E-state index contributed by atoms with van der Waals surface area (Å²) in [6.45, 7) is 4.47. The normalized spacial score (nSPS) is 29.9. The van der Waals surface area contributed by atoms with Crippen molar-refractivity contribution in [2.75, 3.05) is 18.0 Å². The first-order valence-corrected chi connectivity index (χ1v) is 7.70. The number of halogens is 2. The largest absolute Gasteiger partial charge is 0.371 e. The zero-order valence-corrected chi connectivity index (χ0v) is 13.2. The molecule has 96 valence electrons. The molecule has 0 aromatic heterocycles. The van der Waals surface area contributed by atoms with Gasteiger partial charge in [-0.25, -0.2) is 0 Å². The summed E-state index contributed by atoms with van der Waals surface area (Å²) >= 11 is 7.97. The minimum Gasteiger partial charge on any atom is -0.371 e. The van der Waals surface area contributed by atoms with Gasteiger partial charge in [-0.2, -0.15) is 0 Å². The van der Waals surface area contributed by atoms with Crippen LogP contribution in [-0.2, 0) is 0 Å². The van der Waals surface area contributed by atoms with E-state index < -0.39 is 0 Å². The summed E-state index contributed by atoms with van der Waals surface area (Å²) in [7, 11) is 0. The number of hydrogen-bond acceptors (Lipinski definition) is 2. The second-order valence-corrected chi connectivity index (χ2v) is 7.28. The highest BCUT2D eigenvalue weighted by Crippen LogP contribution is 2.57. The Kier molecular flexibility index (Phi) is 3.09. The fourth-order valence-corrected chi connectivity index (χ4v) is 3.63. The van der Waals surface area contributed by atoms with Gasteiger partial charge >= 0.3 is 0 Å².